The van der Waals surface area contributed by atoms with E-state index in [1.54, 1.807) is 0 Å². The van der Waals surface area contributed by atoms with Gasteiger partial charge in [0.2, 0.25) is 0 Å². The summed E-state index contributed by atoms with van der Waals surface area (Å²) in [6.45, 7) is 0. The van der Waals surface area contributed by atoms with Crippen molar-refractivity contribution in [1.29, 1.82) is 0 Å². The SMILES string of the molecule is COC(=O)c1c(OC)cc(N)nc1C(F)F. The Morgan fingerprint density at radius 1 is 1.50 bits per heavy atom. The van der Waals surface area contributed by atoms with E-state index in [0.717, 1.165) is 7.11 Å². The molecule has 0 aliphatic rings. The number of carbonyl (C=O) groups excluding carboxylic acids is 1. The van der Waals surface area contributed by atoms with Crippen molar-refractivity contribution >= 4 is 11.8 Å². The number of nitrogens with two attached hydrogens (primary N) is 1. The Labute approximate surface area is 90.2 Å². The topological polar surface area (TPSA) is 74.4 Å². The monoisotopic (exact) mass is 232 g/mol. The molecule has 0 amide bonds. The minimum Gasteiger partial charge on any atom is -0.496 e. The molecule has 1 aromatic heterocycles. The second-order valence-corrected chi connectivity index (χ2v) is 2.80. The molecule has 0 aliphatic heterocycles. The third-order valence-corrected chi connectivity index (χ3v) is 1.85. The minimum atomic E-state index is -2.94. The van der Waals surface area contributed by atoms with Crippen LogP contribution < -0.4 is 10.5 Å². The number of nitrogens with zero attached hydrogens (tertiary/aromatic N) is 1. The lowest BCUT2D eigenvalue weighted by atomic mass is 10.1. The Kier molecular flexibility index (Phi) is 3.60. The Morgan fingerprint density at radius 3 is 2.56 bits per heavy atom. The molecule has 1 aromatic rings. The minimum absolute atomic E-state index is 0.0883. The number of hydrogen-bond acceptors (Lipinski definition) is 5. The quantitative estimate of drug-likeness (QED) is 0.797. The molecule has 16 heavy (non-hydrogen) atoms. The van der Waals surface area contributed by atoms with E-state index in [2.05, 4.69) is 9.72 Å². The van der Waals surface area contributed by atoms with E-state index in [4.69, 9.17) is 10.5 Å². The number of pyridine rings is 1. The van der Waals surface area contributed by atoms with Crippen molar-refractivity contribution in [2.45, 2.75) is 6.43 Å². The second kappa shape index (κ2) is 4.73. The van der Waals surface area contributed by atoms with Crippen LogP contribution in [0.1, 0.15) is 22.5 Å². The molecular formula is C9H10F2N2O3. The van der Waals surface area contributed by atoms with Crippen LogP contribution in [0, 0.1) is 0 Å². The molecule has 1 heterocycles. The summed E-state index contributed by atoms with van der Waals surface area (Å²) in [4.78, 5) is 14.7. The van der Waals surface area contributed by atoms with E-state index in [1.165, 1.54) is 13.2 Å². The predicted octanol–water partition coefficient (Wildman–Crippen LogP) is 1.40. The van der Waals surface area contributed by atoms with Crippen molar-refractivity contribution in [1.82, 2.24) is 4.98 Å². The lowest BCUT2D eigenvalue weighted by molar-refractivity contribution is 0.0583. The summed E-state index contributed by atoms with van der Waals surface area (Å²) < 4.78 is 34.4. The molecule has 1 rings (SSSR count). The summed E-state index contributed by atoms with van der Waals surface area (Å²) in [7, 11) is 2.31. The van der Waals surface area contributed by atoms with Crippen LogP contribution in [-0.4, -0.2) is 25.2 Å². The maximum Gasteiger partial charge on any atom is 0.343 e. The van der Waals surface area contributed by atoms with Crippen molar-refractivity contribution < 1.29 is 23.0 Å². The standard InChI is InChI=1S/C9H10F2N2O3/c1-15-4-3-5(12)13-7(8(10)11)6(4)9(14)16-2/h3,8H,1-2H3,(H2,12,13). The van der Waals surface area contributed by atoms with Gasteiger partial charge in [0, 0.05) is 6.07 Å². The number of nitrogen functional groups attached to an aromatic ring is 1. The fraction of sp³-hybridized carbons (Fsp3) is 0.333. The zero-order valence-corrected chi connectivity index (χ0v) is 8.66. The van der Waals surface area contributed by atoms with E-state index in [0.29, 0.717) is 0 Å². The fourth-order valence-corrected chi connectivity index (χ4v) is 1.19. The van der Waals surface area contributed by atoms with Crippen molar-refractivity contribution in [3.8, 4) is 5.75 Å². The molecule has 0 fully saturated rings. The molecule has 0 aromatic carbocycles. The summed E-state index contributed by atoms with van der Waals surface area (Å²) in [5.41, 5.74) is 4.15. The van der Waals surface area contributed by atoms with Gasteiger partial charge in [-0.3, -0.25) is 0 Å². The number of esters is 1. The van der Waals surface area contributed by atoms with Gasteiger partial charge in [-0.2, -0.15) is 0 Å². The number of halogens is 2. The van der Waals surface area contributed by atoms with Crippen LogP contribution in [0.25, 0.3) is 0 Å². The van der Waals surface area contributed by atoms with Gasteiger partial charge in [0.1, 0.15) is 22.8 Å². The third-order valence-electron chi connectivity index (χ3n) is 1.85. The first-order valence-corrected chi connectivity index (χ1v) is 4.22. The fourth-order valence-electron chi connectivity index (χ4n) is 1.19. The Bertz CT molecular complexity index is 410. The molecule has 2 N–H and O–H groups in total. The molecule has 0 bridgehead atoms. The van der Waals surface area contributed by atoms with Gasteiger partial charge in [-0.15, -0.1) is 0 Å². The molecule has 0 atom stereocenters. The Morgan fingerprint density at radius 2 is 2.12 bits per heavy atom. The zero-order chi connectivity index (χ0) is 12.3. The molecule has 0 saturated heterocycles. The summed E-state index contributed by atoms with van der Waals surface area (Å²) in [5, 5.41) is 0. The van der Waals surface area contributed by atoms with E-state index < -0.39 is 23.7 Å². The molecular weight excluding hydrogens is 222 g/mol. The average Bonchev–Trinajstić information content (AvgIpc) is 2.26. The van der Waals surface area contributed by atoms with Crippen LogP contribution in [0.2, 0.25) is 0 Å². The maximum absolute atomic E-state index is 12.6. The number of ether oxygens (including phenoxy) is 2. The van der Waals surface area contributed by atoms with E-state index in [1.807, 2.05) is 0 Å². The summed E-state index contributed by atoms with van der Waals surface area (Å²) >= 11 is 0. The number of alkyl halides is 2. The van der Waals surface area contributed by atoms with Crippen molar-refractivity contribution in [3.63, 3.8) is 0 Å². The average molecular weight is 232 g/mol. The maximum atomic E-state index is 12.6. The van der Waals surface area contributed by atoms with Gasteiger partial charge in [-0.1, -0.05) is 0 Å². The van der Waals surface area contributed by atoms with Crippen LogP contribution in [0.5, 0.6) is 5.75 Å². The van der Waals surface area contributed by atoms with E-state index in [9.17, 15) is 13.6 Å². The van der Waals surface area contributed by atoms with Crippen LogP contribution in [0.4, 0.5) is 14.6 Å². The first kappa shape index (κ1) is 12.2. The highest BCUT2D eigenvalue weighted by Crippen LogP contribution is 2.30. The first-order valence-electron chi connectivity index (χ1n) is 4.22. The summed E-state index contributed by atoms with van der Waals surface area (Å²) in [5.74, 6) is -1.19. The van der Waals surface area contributed by atoms with E-state index in [-0.39, 0.29) is 11.6 Å². The Balaban J connectivity index is 3.45. The molecule has 0 saturated carbocycles. The lowest BCUT2D eigenvalue weighted by Gasteiger charge is -2.11. The largest absolute Gasteiger partial charge is 0.496 e. The van der Waals surface area contributed by atoms with Crippen molar-refractivity contribution in [2.24, 2.45) is 0 Å². The normalized spacial score (nSPS) is 10.3. The summed E-state index contributed by atoms with van der Waals surface area (Å²) in [6, 6.07) is 1.18. The van der Waals surface area contributed by atoms with Crippen LogP contribution in [0.15, 0.2) is 6.07 Å². The van der Waals surface area contributed by atoms with Crippen molar-refractivity contribution in [2.75, 3.05) is 20.0 Å². The molecule has 0 aliphatic carbocycles. The summed E-state index contributed by atoms with van der Waals surface area (Å²) in [6.07, 6.45) is -2.94. The number of aromatic nitrogens is 1. The smallest absolute Gasteiger partial charge is 0.343 e. The molecule has 5 nitrogen and oxygen atoms in total. The zero-order valence-electron chi connectivity index (χ0n) is 8.66. The molecule has 0 radical (unpaired) electrons. The van der Waals surface area contributed by atoms with Gasteiger partial charge >= 0.3 is 5.97 Å². The number of methoxy groups -OCH3 is 2. The molecule has 0 unspecified atom stereocenters. The van der Waals surface area contributed by atoms with Crippen LogP contribution in [-0.2, 0) is 4.74 Å². The highest BCUT2D eigenvalue weighted by molar-refractivity contribution is 5.94. The van der Waals surface area contributed by atoms with Gasteiger partial charge < -0.3 is 15.2 Å². The lowest BCUT2D eigenvalue weighted by Crippen LogP contribution is -2.11. The molecule has 88 valence electrons. The number of carbonyl (C=O) groups is 1. The predicted molar refractivity (Wildman–Crippen MR) is 51.5 cm³/mol. The van der Waals surface area contributed by atoms with Gasteiger partial charge in [0.15, 0.2) is 0 Å². The van der Waals surface area contributed by atoms with Gasteiger partial charge in [0.05, 0.1) is 14.2 Å². The highest BCUT2D eigenvalue weighted by atomic mass is 19.3. The van der Waals surface area contributed by atoms with Gasteiger partial charge in [-0.05, 0) is 0 Å². The third kappa shape index (κ3) is 2.18. The molecule has 7 heteroatoms. The van der Waals surface area contributed by atoms with Crippen molar-refractivity contribution in [3.05, 3.63) is 17.3 Å². The number of rotatable bonds is 3. The van der Waals surface area contributed by atoms with Crippen LogP contribution >= 0.6 is 0 Å². The van der Waals surface area contributed by atoms with Gasteiger partial charge in [0.25, 0.3) is 6.43 Å². The second-order valence-electron chi connectivity index (χ2n) is 2.80. The molecule has 0 spiro atoms. The number of anilines is 1. The Hall–Kier alpha value is -1.92. The van der Waals surface area contributed by atoms with E-state index >= 15 is 0 Å². The first-order chi connectivity index (χ1) is 7.51. The van der Waals surface area contributed by atoms with Crippen LogP contribution in [0.3, 0.4) is 0 Å². The number of hydrogen-bond donors (Lipinski definition) is 1. The highest BCUT2D eigenvalue weighted by Gasteiger charge is 2.26. The van der Waals surface area contributed by atoms with Gasteiger partial charge in [-0.25, -0.2) is 18.6 Å².